The van der Waals surface area contributed by atoms with Crippen molar-refractivity contribution >= 4 is 23.2 Å². The van der Waals surface area contributed by atoms with E-state index in [9.17, 15) is 5.26 Å². The maximum Gasteiger partial charge on any atom is 0.124 e. The molecule has 2 rings (SSSR count). The topological polar surface area (TPSA) is 30.3 Å². The minimum Gasteiger partial charge on any atom is -0.298 e. The summed E-state index contributed by atoms with van der Waals surface area (Å²) < 4.78 is 0. The Morgan fingerprint density at radius 3 is 2.62 bits per heavy atom. The van der Waals surface area contributed by atoms with E-state index in [-0.39, 0.29) is 6.04 Å². The third kappa shape index (κ3) is 3.70. The van der Waals surface area contributed by atoms with Gasteiger partial charge in [-0.15, -0.1) is 0 Å². The molecule has 1 saturated heterocycles. The van der Waals surface area contributed by atoms with Crippen molar-refractivity contribution in [3.63, 3.8) is 0 Å². The summed E-state index contributed by atoms with van der Waals surface area (Å²) in [7, 11) is 0. The van der Waals surface area contributed by atoms with E-state index in [4.69, 9.17) is 23.2 Å². The van der Waals surface area contributed by atoms with Gasteiger partial charge >= 0.3 is 0 Å². The van der Waals surface area contributed by atoms with E-state index in [1.807, 2.05) is 12.1 Å². The molecule has 0 aliphatic carbocycles. The Bertz CT molecular complexity index is 527. The Morgan fingerprint density at radius 2 is 2.05 bits per heavy atom. The molecule has 2 unspecified atom stereocenters. The van der Waals surface area contributed by atoms with Crippen molar-refractivity contribution in [3.05, 3.63) is 33.8 Å². The van der Waals surface area contributed by atoms with Gasteiger partial charge in [-0.3, -0.25) is 9.80 Å². The number of piperazine rings is 1. The van der Waals surface area contributed by atoms with Crippen LogP contribution in [0.15, 0.2) is 18.2 Å². The highest BCUT2D eigenvalue weighted by molar-refractivity contribution is 6.42. The summed E-state index contributed by atoms with van der Waals surface area (Å²) in [4.78, 5) is 4.74. The van der Waals surface area contributed by atoms with Crippen LogP contribution in [0.3, 0.4) is 0 Å². The van der Waals surface area contributed by atoms with Gasteiger partial charge in [0.2, 0.25) is 0 Å². The van der Waals surface area contributed by atoms with Gasteiger partial charge in [0.15, 0.2) is 0 Å². The van der Waals surface area contributed by atoms with Crippen LogP contribution in [0.25, 0.3) is 0 Å². The Labute approximate surface area is 137 Å². The lowest BCUT2D eigenvalue weighted by Crippen LogP contribution is -2.53. The van der Waals surface area contributed by atoms with E-state index in [2.05, 4.69) is 29.7 Å². The van der Waals surface area contributed by atoms with Crippen LogP contribution in [-0.4, -0.2) is 42.0 Å². The molecule has 1 aromatic carbocycles. The summed E-state index contributed by atoms with van der Waals surface area (Å²) in [6.07, 6.45) is 1.10. The van der Waals surface area contributed by atoms with Gasteiger partial charge < -0.3 is 0 Å². The fourth-order valence-electron chi connectivity index (χ4n) is 3.00. The molecule has 0 saturated carbocycles. The number of halogens is 2. The number of likely N-dealkylation sites (N-methyl/N-ethyl adjacent to an activating group) is 1. The van der Waals surface area contributed by atoms with Crippen LogP contribution in [0.2, 0.25) is 10.0 Å². The predicted molar refractivity (Wildman–Crippen MR) is 87.7 cm³/mol. The van der Waals surface area contributed by atoms with E-state index in [1.165, 1.54) is 0 Å². The Kier molecular flexibility index (Phi) is 5.89. The molecule has 114 valence electrons. The number of nitrogens with zero attached hydrogens (tertiary/aromatic N) is 3. The minimum atomic E-state index is -0.257. The molecule has 0 spiro atoms. The zero-order valence-electron chi connectivity index (χ0n) is 12.5. The van der Waals surface area contributed by atoms with Crippen molar-refractivity contribution in [1.29, 1.82) is 5.26 Å². The summed E-state index contributed by atoms with van der Waals surface area (Å²) in [5.41, 5.74) is 0.923. The molecule has 0 bridgehead atoms. The van der Waals surface area contributed by atoms with E-state index in [0.717, 1.165) is 38.2 Å². The van der Waals surface area contributed by atoms with E-state index in [0.29, 0.717) is 16.1 Å². The number of rotatable bonds is 4. The van der Waals surface area contributed by atoms with Gasteiger partial charge in [0, 0.05) is 25.7 Å². The maximum atomic E-state index is 9.59. The average molecular weight is 326 g/mol. The van der Waals surface area contributed by atoms with Crippen molar-refractivity contribution in [2.75, 3.05) is 26.2 Å². The maximum absolute atomic E-state index is 9.59. The van der Waals surface area contributed by atoms with Crippen LogP contribution in [-0.2, 0) is 0 Å². The first kappa shape index (κ1) is 16.6. The SMILES string of the molecule is CCC1CN(C(C#N)c2ccc(Cl)c(Cl)c2)CCN1CC. The molecule has 0 radical (unpaired) electrons. The molecule has 0 amide bonds. The van der Waals surface area contributed by atoms with Gasteiger partial charge in [-0.2, -0.15) is 5.26 Å². The fraction of sp³-hybridized carbons (Fsp3) is 0.562. The largest absolute Gasteiger partial charge is 0.298 e. The van der Waals surface area contributed by atoms with Crippen molar-refractivity contribution in [3.8, 4) is 6.07 Å². The van der Waals surface area contributed by atoms with Crippen LogP contribution < -0.4 is 0 Å². The van der Waals surface area contributed by atoms with Crippen molar-refractivity contribution < 1.29 is 0 Å². The molecule has 5 heteroatoms. The summed E-state index contributed by atoms with van der Waals surface area (Å²) in [5.74, 6) is 0. The first-order valence-corrected chi connectivity index (χ1v) is 8.18. The zero-order chi connectivity index (χ0) is 15.4. The normalized spacial score (nSPS) is 22.0. The zero-order valence-corrected chi connectivity index (χ0v) is 14.0. The highest BCUT2D eigenvalue weighted by Gasteiger charge is 2.30. The molecule has 1 fully saturated rings. The molecule has 0 aromatic heterocycles. The quantitative estimate of drug-likeness (QED) is 0.838. The van der Waals surface area contributed by atoms with Crippen molar-refractivity contribution in [1.82, 2.24) is 9.80 Å². The Balaban J connectivity index is 2.18. The summed E-state index contributed by atoms with van der Waals surface area (Å²) in [5, 5.41) is 10.6. The smallest absolute Gasteiger partial charge is 0.124 e. The number of hydrogen-bond donors (Lipinski definition) is 0. The van der Waals surface area contributed by atoms with Crippen LogP contribution >= 0.6 is 23.2 Å². The third-order valence-electron chi connectivity index (χ3n) is 4.26. The first-order valence-electron chi connectivity index (χ1n) is 7.43. The molecule has 1 heterocycles. The third-order valence-corrected chi connectivity index (χ3v) is 5.00. The van der Waals surface area contributed by atoms with E-state index >= 15 is 0 Å². The van der Waals surface area contributed by atoms with Crippen LogP contribution in [0, 0.1) is 11.3 Å². The molecule has 1 aliphatic heterocycles. The van der Waals surface area contributed by atoms with E-state index < -0.39 is 0 Å². The number of benzene rings is 1. The number of nitriles is 1. The standard InChI is InChI=1S/C16H21Cl2N3/c1-3-13-11-21(8-7-20(13)4-2)16(10-19)12-5-6-14(17)15(18)9-12/h5-6,9,13,16H,3-4,7-8,11H2,1-2H3. The Morgan fingerprint density at radius 1 is 1.29 bits per heavy atom. The van der Waals surface area contributed by atoms with Crippen LogP contribution in [0.5, 0.6) is 0 Å². The molecule has 0 N–H and O–H groups in total. The van der Waals surface area contributed by atoms with E-state index in [1.54, 1.807) is 6.07 Å². The van der Waals surface area contributed by atoms with Crippen LogP contribution in [0.1, 0.15) is 31.9 Å². The van der Waals surface area contributed by atoms with Gasteiger partial charge in [0.05, 0.1) is 16.1 Å². The average Bonchev–Trinajstić information content (AvgIpc) is 2.51. The summed E-state index contributed by atoms with van der Waals surface area (Å²) in [6, 6.07) is 8.15. The van der Waals surface area contributed by atoms with Crippen molar-refractivity contribution in [2.45, 2.75) is 32.4 Å². The molecule has 2 atom stereocenters. The van der Waals surface area contributed by atoms with Gasteiger partial charge in [0.1, 0.15) is 6.04 Å². The second-order valence-electron chi connectivity index (χ2n) is 5.39. The predicted octanol–water partition coefficient (Wildman–Crippen LogP) is 3.97. The fourth-order valence-corrected chi connectivity index (χ4v) is 3.31. The van der Waals surface area contributed by atoms with Crippen LogP contribution in [0.4, 0.5) is 0 Å². The molecule has 1 aliphatic rings. The highest BCUT2D eigenvalue weighted by Crippen LogP contribution is 2.29. The van der Waals surface area contributed by atoms with Gasteiger partial charge in [-0.1, -0.05) is 43.1 Å². The minimum absolute atomic E-state index is 0.257. The molecule has 1 aromatic rings. The van der Waals surface area contributed by atoms with Gasteiger partial charge in [-0.05, 0) is 30.7 Å². The Hall–Kier alpha value is -0.790. The molecular formula is C16H21Cl2N3. The second kappa shape index (κ2) is 7.47. The number of hydrogen-bond acceptors (Lipinski definition) is 3. The second-order valence-corrected chi connectivity index (χ2v) is 6.21. The van der Waals surface area contributed by atoms with Gasteiger partial charge in [-0.25, -0.2) is 0 Å². The summed E-state index contributed by atoms with van der Waals surface area (Å²) in [6.45, 7) is 8.30. The molecule has 3 nitrogen and oxygen atoms in total. The summed E-state index contributed by atoms with van der Waals surface area (Å²) >= 11 is 12.0. The monoisotopic (exact) mass is 325 g/mol. The molecule has 21 heavy (non-hydrogen) atoms. The van der Waals surface area contributed by atoms with Gasteiger partial charge in [0.25, 0.3) is 0 Å². The lowest BCUT2D eigenvalue weighted by molar-refractivity contribution is 0.0623. The van der Waals surface area contributed by atoms with Crippen molar-refractivity contribution in [2.24, 2.45) is 0 Å². The first-order chi connectivity index (χ1) is 10.1. The lowest BCUT2D eigenvalue weighted by Gasteiger charge is -2.42. The molecular weight excluding hydrogens is 305 g/mol. The highest BCUT2D eigenvalue weighted by atomic mass is 35.5. The lowest BCUT2D eigenvalue weighted by atomic mass is 10.0.